The summed E-state index contributed by atoms with van der Waals surface area (Å²) in [4.78, 5) is 4.31. The zero-order chi connectivity index (χ0) is 13.1. The van der Waals surface area contributed by atoms with Crippen molar-refractivity contribution >= 4 is 0 Å². The van der Waals surface area contributed by atoms with E-state index in [0.717, 1.165) is 12.2 Å². The molecule has 1 aliphatic heterocycles. The number of imidazole rings is 1. The van der Waals surface area contributed by atoms with Gasteiger partial charge < -0.3 is 14.6 Å². The van der Waals surface area contributed by atoms with E-state index in [2.05, 4.69) is 39.1 Å². The van der Waals surface area contributed by atoms with Crippen LogP contribution in [0.5, 0.6) is 0 Å². The number of methoxy groups -OCH3 is 1. The Morgan fingerprint density at radius 3 is 3.21 bits per heavy atom. The number of rotatable bonds is 4. The van der Waals surface area contributed by atoms with Gasteiger partial charge in [0.15, 0.2) is 0 Å². The van der Waals surface area contributed by atoms with Crippen LogP contribution in [0.1, 0.15) is 30.1 Å². The van der Waals surface area contributed by atoms with Gasteiger partial charge in [-0.3, -0.25) is 0 Å². The molecule has 0 spiro atoms. The van der Waals surface area contributed by atoms with Crippen molar-refractivity contribution in [3.05, 3.63) is 48.0 Å². The van der Waals surface area contributed by atoms with Gasteiger partial charge in [-0.25, -0.2) is 4.98 Å². The van der Waals surface area contributed by atoms with Crippen molar-refractivity contribution in [3.63, 3.8) is 0 Å². The average Bonchev–Trinajstić information content (AvgIpc) is 3.10. The summed E-state index contributed by atoms with van der Waals surface area (Å²) in [6.07, 6.45) is 6.27. The van der Waals surface area contributed by atoms with E-state index in [1.54, 1.807) is 7.11 Å². The molecule has 1 aliphatic rings. The van der Waals surface area contributed by atoms with Gasteiger partial charge in [-0.1, -0.05) is 12.1 Å². The van der Waals surface area contributed by atoms with E-state index in [1.165, 1.54) is 24.1 Å². The first kappa shape index (κ1) is 12.4. The van der Waals surface area contributed by atoms with Gasteiger partial charge in [0.2, 0.25) is 0 Å². The Morgan fingerprint density at radius 1 is 1.47 bits per heavy atom. The summed E-state index contributed by atoms with van der Waals surface area (Å²) in [7, 11) is 1.72. The summed E-state index contributed by atoms with van der Waals surface area (Å²) in [6, 6.07) is 8.84. The van der Waals surface area contributed by atoms with Crippen molar-refractivity contribution in [3.8, 4) is 5.69 Å². The molecule has 2 heterocycles. The fourth-order valence-corrected chi connectivity index (χ4v) is 2.68. The van der Waals surface area contributed by atoms with Crippen molar-refractivity contribution in [2.45, 2.75) is 25.5 Å². The molecule has 0 radical (unpaired) electrons. The van der Waals surface area contributed by atoms with Crippen molar-refractivity contribution in [1.82, 2.24) is 14.9 Å². The van der Waals surface area contributed by atoms with E-state index in [1.807, 2.05) is 12.5 Å². The maximum atomic E-state index is 5.19. The van der Waals surface area contributed by atoms with E-state index in [0.29, 0.717) is 12.6 Å². The summed E-state index contributed by atoms with van der Waals surface area (Å²) in [5, 5.41) is 3.52. The first-order chi connectivity index (χ1) is 9.38. The molecular weight excluding hydrogens is 238 g/mol. The molecule has 1 atom stereocenters. The average molecular weight is 257 g/mol. The topological polar surface area (TPSA) is 39.1 Å². The second kappa shape index (κ2) is 5.55. The highest BCUT2D eigenvalue weighted by molar-refractivity contribution is 5.38. The molecule has 4 heteroatoms. The molecule has 1 fully saturated rings. The smallest absolute Gasteiger partial charge is 0.0994 e. The van der Waals surface area contributed by atoms with E-state index in [4.69, 9.17) is 4.74 Å². The Morgan fingerprint density at radius 2 is 2.42 bits per heavy atom. The third-order valence-electron chi connectivity index (χ3n) is 3.58. The number of nitrogens with zero attached hydrogens (tertiary/aromatic N) is 2. The lowest BCUT2D eigenvalue weighted by Gasteiger charge is -2.14. The van der Waals surface area contributed by atoms with E-state index >= 15 is 0 Å². The van der Waals surface area contributed by atoms with Crippen molar-refractivity contribution in [1.29, 1.82) is 0 Å². The molecule has 0 aliphatic carbocycles. The Hall–Kier alpha value is -1.65. The summed E-state index contributed by atoms with van der Waals surface area (Å²) in [5.74, 6) is 0. The minimum Gasteiger partial charge on any atom is -0.380 e. The van der Waals surface area contributed by atoms with E-state index in [-0.39, 0.29) is 0 Å². The molecule has 1 N–H and O–H groups in total. The molecular formula is C15H19N3O. The minimum absolute atomic E-state index is 0.425. The molecule has 0 saturated carbocycles. The molecule has 4 nitrogen and oxygen atoms in total. The van der Waals surface area contributed by atoms with Gasteiger partial charge in [0.05, 0.1) is 24.8 Å². The second-order valence-corrected chi connectivity index (χ2v) is 4.94. The minimum atomic E-state index is 0.425. The second-order valence-electron chi connectivity index (χ2n) is 4.94. The number of hydrogen-bond acceptors (Lipinski definition) is 3. The molecule has 1 aromatic carbocycles. The highest BCUT2D eigenvalue weighted by Crippen LogP contribution is 2.25. The van der Waals surface area contributed by atoms with Gasteiger partial charge >= 0.3 is 0 Å². The van der Waals surface area contributed by atoms with Gasteiger partial charge in [-0.2, -0.15) is 0 Å². The Labute approximate surface area is 113 Å². The predicted molar refractivity (Wildman–Crippen MR) is 74.3 cm³/mol. The number of aromatic nitrogens is 2. The number of nitrogens with one attached hydrogen (secondary N) is 1. The predicted octanol–water partition coefficient (Wildman–Crippen LogP) is 2.44. The van der Waals surface area contributed by atoms with Crippen LogP contribution in [-0.4, -0.2) is 23.2 Å². The summed E-state index contributed by atoms with van der Waals surface area (Å²) < 4.78 is 7.36. The summed E-state index contributed by atoms with van der Waals surface area (Å²) in [5.41, 5.74) is 3.57. The fourth-order valence-electron chi connectivity index (χ4n) is 2.68. The number of hydrogen-bond donors (Lipinski definition) is 1. The van der Waals surface area contributed by atoms with Crippen LogP contribution in [0.4, 0.5) is 0 Å². The lowest BCUT2D eigenvalue weighted by Crippen LogP contribution is -2.16. The molecule has 0 amide bonds. The van der Waals surface area contributed by atoms with Gasteiger partial charge in [0, 0.05) is 18.8 Å². The molecule has 3 rings (SSSR count). The SMILES string of the molecule is COCc1cccc(-n2cncc2[C@@H]2CCCN2)c1. The zero-order valence-corrected chi connectivity index (χ0v) is 11.2. The first-order valence-corrected chi connectivity index (χ1v) is 6.72. The largest absolute Gasteiger partial charge is 0.380 e. The van der Waals surface area contributed by atoms with E-state index < -0.39 is 0 Å². The molecule has 1 aromatic heterocycles. The highest BCUT2D eigenvalue weighted by Gasteiger charge is 2.20. The van der Waals surface area contributed by atoms with Crippen LogP contribution in [0.15, 0.2) is 36.8 Å². The van der Waals surface area contributed by atoms with Crippen molar-refractivity contribution in [2.75, 3.05) is 13.7 Å². The lowest BCUT2D eigenvalue weighted by molar-refractivity contribution is 0.185. The third kappa shape index (κ3) is 2.55. The highest BCUT2D eigenvalue weighted by atomic mass is 16.5. The summed E-state index contributed by atoms with van der Waals surface area (Å²) in [6.45, 7) is 1.74. The Kier molecular flexibility index (Phi) is 3.62. The van der Waals surface area contributed by atoms with Gasteiger partial charge in [-0.15, -0.1) is 0 Å². The standard InChI is InChI=1S/C15H19N3O/c1-19-10-12-4-2-5-13(8-12)18-11-16-9-15(18)14-6-3-7-17-14/h2,4-5,8-9,11,14,17H,3,6-7,10H2,1H3/t14-/m0/s1. The fraction of sp³-hybridized carbons (Fsp3) is 0.400. The maximum absolute atomic E-state index is 5.19. The Balaban J connectivity index is 1.93. The monoisotopic (exact) mass is 257 g/mol. The van der Waals surface area contributed by atoms with Crippen LogP contribution < -0.4 is 5.32 Å². The van der Waals surface area contributed by atoms with Crippen molar-refractivity contribution in [2.24, 2.45) is 0 Å². The van der Waals surface area contributed by atoms with Crippen molar-refractivity contribution < 1.29 is 4.74 Å². The van der Waals surface area contributed by atoms with Crippen LogP contribution in [-0.2, 0) is 11.3 Å². The van der Waals surface area contributed by atoms with Crippen LogP contribution in [0.2, 0.25) is 0 Å². The van der Waals surface area contributed by atoms with Gasteiger partial charge in [0.25, 0.3) is 0 Å². The lowest BCUT2D eigenvalue weighted by atomic mass is 10.1. The normalized spacial score (nSPS) is 18.9. The molecule has 0 bridgehead atoms. The molecule has 2 aromatic rings. The molecule has 0 unspecified atom stereocenters. The number of benzene rings is 1. The number of ether oxygens (including phenoxy) is 1. The van der Waals surface area contributed by atoms with Gasteiger partial charge in [-0.05, 0) is 37.1 Å². The van der Waals surface area contributed by atoms with Gasteiger partial charge in [0.1, 0.15) is 0 Å². The van der Waals surface area contributed by atoms with Crippen LogP contribution in [0, 0.1) is 0 Å². The van der Waals surface area contributed by atoms with Crippen LogP contribution in [0.3, 0.4) is 0 Å². The quantitative estimate of drug-likeness (QED) is 0.914. The van der Waals surface area contributed by atoms with Crippen LogP contribution in [0.25, 0.3) is 5.69 Å². The zero-order valence-electron chi connectivity index (χ0n) is 11.2. The van der Waals surface area contributed by atoms with Crippen LogP contribution >= 0.6 is 0 Å². The van der Waals surface area contributed by atoms with E-state index in [9.17, 15) is 0 Å². The summed E-state index contributed by atoms with van der Waals surface area (Å²) >= 11 is 0. The third-order valence-corrected chi connectivity index (χ3v) is 3.58. The molecule has 1 saturated heterocycles. The molecule has 19 heavy (non-hydrogen) atoms. The maximum Gasteiger partial charge on any atom is 0.0994 e. The molecule has 100 valence electrons. The first-order valence-electron chi connectivity index (χ1n) is 6.72. The Bertz CT molecular complexity index is 544.